The Balaban J connectivity index is 1.14. The molecule has 0 bridgehead atoms. The predicted octanol–water partition coefficient (Wildman–Crippen LogP) is 13.2. The van der Waals surface area contributed by atoms with Crippen LogP contribution in [0, 0.1) is 0 Å². The van der Waals surface area contributed by atoms with Gasteiger partial charge in [-0.05, 0) is 57.8 Å². The van der Waals surface area contributed by atoms with E-state index in [4.69, 9.17) is 23.8 Å². The summed E-state index contributed by atoms with van der Waals surface area (Å²) in [7, 11) is 0. The van der Waals surface area contributed by atoms with Crippen LogP contribution in [0.25, 0.3) is 111 Å². The van der Waals surface area contributed by atoms with Gasteiger partial charge in [0.2, 0.25) is 0 Å². The van der Waals surface area contributed by atoms with Crippen molar-refractivity contribution in [2.24, 2.45) is 0 Å². The molecule has 0 aliphatic heterocycles. The molecule has 0 fully saturated rings. The molecule has 0 saturated heterocycles. The van der Waals surface area contributed by atoms with Crippen LogP contribution in [0.15, 0.2) is 185 Å². The van der Waals surface area contributed by atoms with E-state index < -0.39 is 0 Å². The summed E-state index contributed by atoms with van der Waals surface area (Å²) in [5.41, 5.74) is 10.1. The van der Waals surface area contributed by atoms with Crippen LogP contribution in [-0.2, 0) is 0 Å². The molecule has 3 aromatic heterocycles. The lowest BCUT2D eigenvalue weighted by atomic mass is 9.96. The Kier molecular flexibility index (Phi) is 6.79. The minimum atomic E-state index is 0.570. The number of hydrogen-bond acceptors (Lipinski definition) is 5. The number of furan rings is 2. The third-order valence-electron chi connectivity index (χ3n) is 10.3. The molecular formula is C49H29N3O2. The topological polar surface area (TPSA) is 65.0 Å². The molecule has 0 N–H and O–H groups in total. The third kappa shape index (κ3) is 4.90. The fourth-order valence-corrected chi connectivity index (χ4v) is 7.76. The van der Waals surface area contributed by atoms with Gasteiger partial charge in [-0.15, -0.1) is 0 Å². The fraction of sp³-hybridized carbons (Fsp3) is 0. The molecule has 0 spiro atoms. The van der Waals surface area contributed by atoms with Crippen molar-refractivity contribution in [3.8, 4) is 56.4 Å². The van der Waals surface area contributed by atoms with Gasteiger partial charge >= 0.3 is 0 Å². The van der Waals surface area contributed by atoms with Gasteiger partial charge in [0, 0.05) is 43.8 Å². The Bertz CT molecular complexity index is 3220. The number of para-hydroxylation sites is 1. The SMILES string of the molecule is c1ccc(-c2ccc3oc4cccc(-c5nc(-c6ccccc6)nc(-c6ccccc6-c6cccc7c6oc6cc8ccccc8cc67)n5)c4c3c2)cc1. The summed E-state index contributed by atoms with van der Waals surface area (Å²) in [6.45, 7) is 0. The normalized spacial score (nSPS) is 11.7. The maximum Gasteiger partial charge on any atom is 0.164 e. The van der Waals surface area contributed by atoms with E-state index in [-0.39, 0.29) is 0 Å². The molecule has 0 aliphatic rings. The Labute approximate surface area is 309 Å². The summed E-state index contributed by atoms with van der Waals surface area (Å²) in [5, 5.41) is 6.46. The summed E-state index contributed by atoms with van der Waals surface area (Å²) in [6.07, 6.45) is 0. The molecule has 0 amide bonds. The van der Waals surface area contributed by atoms with Crippen LogP contribution in [0.4, 0.5) is 0 Å². The maximum atomic E-state index is 6.68. The molecular weight excluding hydrogens is 663 g/mol. The Morgan fingerprint density at radius 1 is 0.315 bits per heavy atom. The summed E-state index contributed by atoms with van der Waals surface area (Å²) in [4.78, 5) is 15.6. The molecule has 3 heterocycles. The first-order valence-corrected chi connectivity index (χ1v) is 18.0. The number of fused-ring (bicyclic) bond motifs is 7. The second kappa shape index (κ2) is 12.1. The molecule has 5 nitrogen and oxygen atoms in total. The Morgan fingerprint density at radius 2 is 0.944 bits per heavy atom. The minimum Gasteiger partial charge on any atom is -0.456 e. The van der Waals surface area contributed by atoms with Crippen molar-refractivity contribution in [2.45, 2.75) is 0 Å². The molecule has 11 aromatic rings. The first kappa shape index (κ1) is 30.3. The first-order chi connectivity index (χ1) is 26.7. The van der Waals surface area contributed by atoms with Crippen LogP contribution in [-0.4, -0.2) is 15.0 Å². The molecule has 11 rings (SSSR count). The molecule has 0 aliphatic carbocycles. The Morgan fingerprint density at radius 3 is 1.76 bits per heavy atom. The van der Waals surface area contributed by atoms with Gasteiger partial charge in [-0.3, -0.25) is 0 Å². The second-order valence-corrected chi connectivity index (χ2v) is 13.6. The van der Waals surface area contributed by atoms with E-state index in [0.717, 1.165) is 88.2 Å². The minimum absolute atomic E-state index is 0.570. The van der Waals surface area contributed by atoms with E-state index in [1.54, 1.807) is 0 Å². The highest BCUT2D eigenvalue weighted by atomic mass is 16.3. The monoisotopic (exact) mass is 691 g/mol. The van der Waals surface area contributed by atoms with Crippen LogP contribution in [0.1, 0.15) is 0 Å². The van der Waals surface area contributed by atoms with E-state index in [0.29, 0.717) is 17.5 Å². The summed E-state index contributed by atoms with van der Waals surface area (Å²) in [5.74, 6) is 1.73. The van der Waals surface area contributed by atoms with Crippen LogP contribution in [0.5, 0.6) is 0 Å². The van der Waals surface area contributed by atoms with E-state index in [2.05, 4.69) is 115 Å². The van der Waals surface area contributed by atoms with Crippen molar-refractivity contribution in [3.05, 3.63) is 176 Å². The molecule has 8 aromatic carbocycles. The lowest BCUT2D eigenvalue weighted by Crippen LogP contribution is -2.01. The molecule has 0 atom stereocenters. The van der Waals surface area contributed by atoms with E-state index in [1.165, 1.54) is 5.39 Å². The molecule has 54 heavy (non-hydrogen) atoms. The highest BCUT2D eigenvalue weighted by molar-refractivity contribution is 6.14. The number of rotatable bonds is 5. The van der Waals surface area contributed by atoms with Crippen molar-refractivity contribution in [3.63, 3.8) is 0 Å². The predicted molar refractivity (Wildman–Crippen MR) is 219 cm³/mol. The zero-order chi connectivity index (χ0) is 35.6. The largest absolute Gasteiger partial charge is 0.456 e. The molecule has 0 radical (unpaired) electrons. The van der Waals surface area contributed by atoms with E-state index in [9.17, 15) is 0 Å². The molecule has 5 heteroatoms. The lowest BCUT2D eigenvalue weighted by molar-refractivity contribution is 0.669. The van der Waals surface area contributed by atoms with Crippen molar-refractivity contribution >= 4 is 54.6 Å². The van der Waals surface area contributed by atoms with Gasteiger partial charge in [0.05, 0.1) is 0 Å². The van der Waals surface area contributed by atoms with E-state index >= 15 is 0 Å². The zero-order valence-corrected chi connectivity index (χ0v) is 28.9. The summed E-state index contributed by atoms with van der Waals surface area (Å²) >= 11 is 0. The zero-order valence-electron chi connectivity index (χ0n) is 28.9. The van der Waals surface area contributed by atoms with Crippen molar-refractivity contribution in [1.29, 1.82) is 0 Å². The van der Waals surface area contributed by atoms with Crippen LogP contribution in [0.2, 0.25) is 0 Å². The maximum absolute atomic E-state index is 6.68. The van der Waals surface area contributed by atoms with Gasteiger partial charge in [0.25, 0.3) is 0 Å². The van der Waals surface area contributed by atoms with Crippen molar-refractivity contribution in [1.82, 2.24) is 15.0 Å². The quantitative estimate of drug-likeness (QED) is 0.180. The fourth-order valence-electron chi connectivity index (χ4n) is 7.76. The van der Waals surface area contributed by atoms with Gasteiger partial charge in [-0.1, -0.05) is 146 Å². The lowest BCUT2D eigenvalue weighted by Gasteiger charge is -2.12. The number of hydrogen-bond donors (Lipinski definition) is 0. The van der Waals surface area contributed by atoms with Gasteiger partial charge in [-0.25, -0.2) is 15.0 Å². The van der Waals surface area contributed by atoms with Crippen molar-refractivity contribution < 1.29 is 8.83 Å². The highest BCUT2D eigenvalue weighted by Gasteiger charge is 2.21. The second-order valence-electron chi connectivity index (χ2n) is 13.6. The Hall–Kier alpha value is -7.37. The van der Waals surface area contributed by atoms with Crippen LogP contribution < -0.4 is 0 Å². The molecule has 0 saturated carbocycles. The van der Waals surface area contributed by atoms with Crippen LogP contribution >= 0.6 is 0 Å². The first-order valence-electron chi connectivity index (χ1n) is 18.0. The highest BCUT2D eigenvalue weighted by Crippen LogP contribution is 2.42. The number of benzene rings is 8. The summed E-state index contributed by atoms with van der Waals surface area (Å²) < 4.78 is 13.1. The van der Waals surface area contributed by atoms with Gasteiger partial charge in [-0.2, -0.15) is 0 Å². The van der Waals surface area contributed by atoms with Gasteiger partial charge < -0.3 is 8.83 Å². The van der Waals surface area contributed by atoms with Crippen molar-refractivity contribution in [2.75, 3.05) is 0 Å². The molecule has 252 valence electrons. The van der Waals surface area contributed by atoms with Gasteiger partial charge in [0.15, 0.2) is 17.5 Å². The number of nitrogens with zero attached hydrogens (tertiary/aromatic N) is 3. The van der Waals surface area contributed by atoms with Gasteiger partial charge in [0.1, 0.15) is 22.3 Å². The molecule has 0 unspecified atom stereocenters. The third-order valence-corrected chi connectivity index (χ3v) is 10.3. The standard InChI is InChI=1S/C49H29N3O2/c1-3-13-30(14-4-1)34-25-26-42-41(28-34)45-39(23-12-24-43(45)53-42)49-51-47(31-15-5-2-6-16-31)50-48(52-49)38-20-10-9-19-35(38)36-21-11-22-37-40-27-32-17-7-8-18-33(32)29-44(40)54-46(36)37/h1-29H. The summed E-state index contributed by atoms with van der Waals surface area (Å²) in [6, 6.07) is 60.3. The smallest absolute Gasteiger partial charge is 0.164 e. The average molecular weight is 692 g/mol. The van der Waals surface area contributed by atoms with E-state index in [1.807, 2.05) is 60.7 Å². The van der Waals surface area contributed by atoms with Crippen LogP contribution in [0.3, 0.4) is 0 Å². The number of aromatic nitrogens is 3. The average Bonchev–Trinajstić information content (AvgIpc) is 3.81.